The van der Waals surface area contributed by atoms with Crippen molar-refractivity contribution >= 4 is 17.5 Å². The molecular formula is C16H15ClFN3O2. The third-order valence-corrected chi connectivity index (χ3v) is 4.19. The number of carbonyl (C=O) groups is 1. The van der Waals surface area contributed by atoms with E-state index in [0.29, 0.717) is 16.5 Å². The summed E-state index contributed by atoms with van der Waals surface area (Å²) < 4.78 is 20.5. The maximum absolute atomic E-state index is 13.6. The molecule has 1 fully saturated rings. The number of rotatable bonds is 3. The maximum Gasteiger partial charge on any atom is 0.272 e. The van der Waals surface area contributed by atoms with Gasteiger partial charge in [0.1, 0.15) is 6.61 Å². The van der Waals surface area contributed by atoms with Crippen molar-refractivity contribution in [3.63, 3.8) is 0 Å². The molecule has 5 nitrogen and oxygen atoms in total. The number of fused-ring (bicyclic) bond motifs is 1. The molecule has 2 aliphatic rings. The van der Waals surface area contributed by atoms with E-state index in [1.165, 1.54) is 4.68 Å². The molecule has 120 valence electrons. The second-order valence-electron chi connectivity index (χ2n) is 5.87. The average molecular weight is 336 g/mol. The Hall–Kier alpha value is -2.08. The third-order valence-electron chi connectivity index (χ3n) is 3.94. The first-order valence-electron chi connectivity index (χ1n) is 7.56. The van der Waals surface area contributed by atoms with Crippen molar-refractivity contribution in [2.75, 3.05) is 6.61 Å². The van der Waals surface area contributed by atoms with E-state index < -0.39 is 6.17 Å². The summed E-state index contributed by atoms with van der Waals surface area (Å²) in [5.41, 5.74) is 1.63. The fourth-order valence-electron chi connectivity index (χ4n) is 2.64. The van der Waals surface area contributed by atoms with Crippen LogP contribution in [0.5, 0.6) is 5.88 Å². The van der Waals surface area contributed by atoms with Gasteiger partial charge in [-0.2, -0.15) is 5.10 Å². The molecule has 1 aromatic heterocycles. The highest BCUT2D eigenvalue weighted by Crippen LogP contribution is 2.36. The Labute approximate surface area is 137 Å². The Bertz CT molecular complexity index is 755. The predicted octanol–water partition coefficient (Wildman–Crippen LogP) is 2.83. The molecule has 4 rings (SSSR count). The zero-order valence-electron chi connectivity index (χ0n) is 12.3. The van der Waals surface area contributed by atoms with Crippen LogP contribution in [-0.2, 0) is 6.54 Å². The van der Waals surface area contributed by atoms with Crippen LogP contribution in [0.15, 0.2) is 24.3 Å². The zero-order chi connectivity index (χ0) is 16.0. The highest BCUT2D eigenvalue weighted by molar-refractivity contribution is 6.30. The maximum atomic E-state index is 13.6. The van der Waals surface area contributed by atoms with E-state index in [4.69, 9.17) is 16.3 Å². The second-order valence-corrected chi connectivity index (χ2v) is 6.31. The number of benzene rings is 1. The zero-order valence-corrected chi connectivity index (χ0v) is 13.0. The lowest BCUT2D eigenvalue weighted by atomic mass is 10.1. The van der Waals surface area contributed by atoms with Gasteiger partial charge in [-0.1, -0.05) is 23.7 Å². The second kappa shape index (κ2) is 5.53. The van der Waals surface area contributed by atoms with Crippen LogP contribution in [0, 0.1) is 0 Å². The Morgan fingerprint density at radius 2 is 2.09 bits per heavy atom. The first-order chi connectivity index (χ1) is 11.1. The molecule has 1 aliphatic heterocycles. The quantitative estimate of drug-likeness (QED) is 0.938. The molecule has 0 radical (unpaired) electrons. The van der Waals surface area contributed by atoms with E-state index >= 15 is 0 Å². The van der Waals surface area contributed by atoms with Crippen molar-refractivity contribution in [2.45, 2.75) is 31.6 Å². The molecule has 1 amide bonds. The lowest BCUT2D eigenvalue weighted by Crippen LogP contribution is -2.27. The van der Waals surface area contributed by atoms with E-state index in [1.54, 1.807) is 24.3 Å². The molecule has 1 aliphatic carbocycles. The van der Waals surface area contributed by atoms with Crippen molar-refractivity contribution in [1.29, 1.82) is 0 Å². The van der Waals surface area contributed by atoms with Crippen LogP contribution in [-0.4, -0.2) is 34.5 Å². The number of amides is 1. The van der Waals surface area contributed by atoms with Gasteiger partial charge in [0, 0.05) is 11.1 Å². The number of halogens is 2. The molecule has 1 atom stereocenters. The van der Waals surface area contributed by atoms with Gasteiger partial charge in [0.05, 0.1) is 12.1 Å². The number of ether oxygens (including phenoxy) is 1. The Kier molecular flexibility index (Phi) is 3.49. The van der Waals surface area contributed by atoms with E-state index in [9.17, 15) is 9.18 Å². The molecule has 0 unspecified atom stereocenters. The molecule has 2 heterocycles. The monoisotopic (exact) mass is 335 g/mol. The first kappa shape index (κ1) is 14.5. The van der Waals surface area contributed by atoms with Crippen molar-refractivity contribution in [3.8, 4) is 17.0 Å². The fraction of sp³-hybridized carbons (Fsp3) is 0.375. The van der Waals surface area contributed by atoms with E-state index in [-0.39, 0.29) is 30.8 Å². The van der Waals surface area contributed by atoms with Crippen LogP contribution in [0.1, 0.15) is 23.3 Å². The van der Waals surface area contributed by atoms with Crippen LogP contribution in [0.25, 0.3) is 11.1 Å². The minimum absolute atomic E-state index is 0.0318. The molecular weight excluding hydrogens is 321 g/mol. The van der Waals surface area contributed by atoms with Crippen molar-refractivity contribution < 1.29 is 13.9 Å². The topological polar surface area (TPSA) is 56.2 Å². The summed E-state index contributed by atoms with van der Waals surface area (Å²) in [5.74, 6) is 0.181. The van der Waals surface area contributed by atoms with Crippen molar-refractivity contribution in [1.82, 2.24) is 15.1 Å². The molecule has 0 bridgehead atoms. The number of carbonyl (C=O) groups excluding carboxylic acids is 1. The minimum Gasteiger partial charge on any atom is -0.474 e. The number of nitrogens with one attached hydrogen (secondary N) is 1. The summed E-state index contributed by atoms with van der Waals surface area (Å²) in [4.78, 5) is 12.5. The van der Waals surface area contributed by atoms with Gasteiger partial charge in [0.2, 0.25) is 5.88 Å². The summed E-state index contributed by atoms with van der Waals surface area (Å²) in [6, 6.07) is 7.31. The standard InChI is InChI=1S/C16H15ClFN3O2/c17-10-3-1-9(2-4-10)13-14(15(22)19-12-5-6-12)20-21-7-11(18)8-23-16(13)21/h1-4,11-12H,5-8H2,(H,19,22)/t11-/m1/s1. The number of nitrogens with zero attached hydrogens (tertiary/aromatic N) is 2. The number of alkyl halides is 1. The molecule has 1 N–H and O–H groups in total. The summed E-state index contributed by atoms with van der Waals surface area (Å²) in [7, 11) is 0. The van der Waals surface area contributed by atoms with Gasteiger partial charge in [-0.15, -0.1) is 0 Å². The molecule has 23 heavy (non-hydrogen) atoms. The summed E-state index contributed by atoms with van der Waals surface area (Å²) in [6.07, 6.45) is 0.844. The van der Waals surface area contributed by atoms with Gasteiger partial charge >= 0.3 is 0 Å². The lowest BCUT2D eigenvalue weighted by Gasteiger charge is -2.19. The van der Waals surface area contributed by atoms with Crippen LogP contribution in [0.3, 0.4) is 0 Å². The molecule has 2 aromatic rings. The normalized spacial score (nSPS) is 19.8. The summed E-state index contributed by atoms with van der Waals surface area (Å²) in [6.45, 7) is 0.0581. The molecule has 1 aromatic carbocycles. The van der Waals surface area contributed by atoms with Gasteiger partial charge in [-0.25, -0.2) is 9.07 Å². The van der Waals surface area contributed by atoms with Crippen LogP contribution < -0.4 is 10.1 Å². The van der Waals surface area contributed by atoms with Gasteiger partial charge < -0.3 is 10.1 Å². The molecule has 0 saturated heterocycles. The Balaban J connectivity index is 1.80. The molecule has 1 saturated carbocycles. The highest BCUT2D eigenvalue weighted by Gasteiger charge is 2.32. The largest absolute Gasteiger partial charge is 0.474 e. The van der Waals surface area contributed by atoms with E-state index in [2.05, 4.69) is 10.4 Å². The van der Waals surface area contributed by atoms with Gasteiger partial charge in [-0.3, -0.25) is 4.79 Å². The number of hydrogen-bond donors (Lipinski definition) is 1. The van der Waals surface area contributed by atoms with E-state index in [0.717, 1.165) is 18.4 Å². The highest BCUT2D eigenvalue weighted by atomic mass is 35.5. The fourth-order valence-corrected chi connectivity index (χ4v) is 2.77. The molecule has 0 spiro atoms. The summed E-state index contributed by atoms with van der Waals surface area (Å²) >= 11 is 5.93. The average Bonchev–Trinajstić information content (AvgIpc) is 3.26. The van der Waals surface area contributed by atoms with Gasteiger partial charge in [-0.05, 0) is 30.5 Å². The van der Waals surface area contributed by atoms with E-state index in [1.807, 2.05) is 0 Å². The number of aromatic nitrogens is 2. The Morgan fingerprint density at radius 3 is 2.78 bits per heavy atom. The van der Waals surface area contributed by atoms with Gasteiger partial charge in [0.25, 0.3) is 5.91 Å². The van der Waals surface area contributed by atoms with Crippen molar-refractivity contribution in [3.05, 3.63) is 35.0 Å². The number of hydrogen-bond acceptors (Lipinski definition) is 3. The minimum atomic E-state index is -1.13. The van der Waals surface area contributed by atoms with Crippen LogP contribution >= 0.6 is 11.6 Å². The van der Waals surface area contributed by atoms with Crippen LogP contribution in [0.4, 0.5) is 4.39 Å². The Morgan fingerprint density at radius 1 is 1.35 bits per heavy atom. The lowest BCUT2D eigenvalue weighted by molar-refractivity contribution is 0.0944. The van der Waals surface area contributed by atoms with Crippen LogP contribution in [0.2, 0.25) is 5.02 Å². The SMILES string of the molecule is O=C(NC1CC1)c1nn2c(c1-c1ccc(Cl)cc1)OC[C@H](F)C2. The molecule has 7 heteroatoms. The third kappa shape index (κ3) is 2.79. The summed E-state index contributed by atoms with van der Waals surface area (Å²) in [5, 5.41) is 7.81. The van der Waals surface area contributed by atoms with Gasteiger partial charge in [0.15, 0.2) is 11.9 Å². The first-order valence-corrected chi connectivity index (χ1v) is 7.94. The van der Waals surface area contributed by atoms with Crippen molar-refractivity contribution in [2.24, 2.45) is 0 Å². The smallest absolute Gasteiger partial charge is 0.272 e. The predicted molar refractivity (Wildman–Crippen MR) is 83.6 cm³/mol.